The molecular formula is C19H16ClNO2S. The van der Waals surface area contributed by atoms with Crippen LogP contribution in [0.25, 0.3) is 6.08 Å². The highest BCUT2D eigenvalue weighted by atomic mass is 35.5. The Morgan fingerprint density at radius 1 is 1.00 bits per heavy atom. The second-order valence-corrected chi connectivity index (χ2v) is 6.92. The van der Waals surface area contributed by atoms with E-state index in [4.69, 9.17) is 11.6 Å². The van der Waals surface area contributed by atoms with Gasteiger partial charge in [-0.05, 0) is 53.1 Å². The average Bonchev–Trinajstić information content (AvgIpc) is 2.85. The van der Waals surface area contributed by atoms with E-state index in [0.717, 1.165) is 29.3 Å². The molecule has 0 radical (unpaired) electrons. The lowest BCUT2D eigenvalue weighted by atomic mass is 10.1. The first-order valence-electron chi connectivity index (χ1n) is 7.65. The van der Waals surface area contributed by atoms with Gasteiger partial charge in [0.1, 0.15) is 0 Å². The highest BCUT2D eigenvalue weighted by Gasteiger charge is 2.34. The van der Waals surface area contributed by atoms with Gasteiger partial charge in [-0.1, -0.05) is 54.9 Å². The molecule has 2 aromatic carbocycles. The predicted octanol–water partition coefficient (Wildman–Crippen LogP) is 5.14. The van der Waals surface area contributed by atoms with Crippen molar-refractivity contribution >= 4 is 40.6 Å². The van der Waals surface area contributed by atoms with Crippen LogP contribution < -0.4 is 0 Å². The van der Waals surface area contributed by atoms with Crippen LogP contribution in [0.1, 0.15) is 23.6 Å². The Morgan fingerprint density at radius 2 is 1.62 bits per heavy atom. The molecule has 2 amide bonds. The van der Waals surface area contributed by atoms with E-state index in [0.29, 0.717) is 9.93 Å². The van der Waals surface area contributed by atoms with Crippen molar-refractivity contribution in [3.8, 4) is 0 Å². The van der Waals surface area contributed by atoms with E-state index in [-0.39, 0.29) is 17.7 Å². The highest BCUT2D eigenvalue weighted by molar-refractivity contribution is 8.18. The first kappa shape index (κ1) is 16.8. The molecule has 1 aliphatic heterocycles. The summed E-state index contributed by atoms with van der Waals surface area (Å²) in [4.78, 5) is 26.4. The Hall–Kier alpha value is -2.04. The van der Waals surface area contributed by atoms with Gasteiger partial charge in [0.05, 0.1) is 11.4 Å². The quantitative estimate of drug-likeness (QED) is 0.711. The molecule has 5 heteroatoms. The number of imide groups is 1. The maximum atomic E-state index is 12.5. The molecule has 0 bridgehead atoms. The molecule has 3 rings (SSSR count). The van der Waals surface area contributed by atoms with Crippen LogP contribution in [0.4, 0.5) is 4.79 Å². The number of hydrogen-bond donors (Lipinski definition) is 0. The number of halogens is 1. The van der Waals surface area contributed by atoms with Crippen molar-refractivity contribution in [3.05, 3.63) is 75.1 Å². The number of amides is 2. The zero-order valence-corrected chi connectivity index (χ0v) is 14.7. The van der Waals surface area contributed by atoms with E-state index in [1.165, 1.54) is 10.5 Å². The van der Waals surface area contributed by atoms with Crippen molar-refractivity contribution in [2.75, 3.05) is 0 Å². The zero-order valence-electron chi connectivity index (χ0n) is 13.2. The third-order valence-corrected chi connectivity index (χ3v) is 4.97. The second-order valence-electron chi connectivity index (χ2n) is 5.49. The summed E-state index contributed by atoms with van der Waals surface area (Å²) in [5.41, 5.74) is 3.03. The summed E-state index contributed by atoms with van der Waals surface area (Å²) in [7, 11) is 0. The van der Waals surface area contributed by atoms with Crippen molar-refractivity contribution < 1.29 is 9.59 Å². The lowest BCUT2D eigenvalue weighted by Gasteiger charge is -2.12. The summed E-state index contributed by atoms with van der Waals surface area (Å²) in [6, 6.07) is 15.1. The molecule has 0 saturated carbocycles. The van der Waals surface area contributed by atoms with Gasteiger partial charge in [0.15, 0.2) is 0 Å². The fraction of sp³-hybridized carbons (Fsp3) is 0.158. The highest BCUT2D eigenvalue weighted by Crippen LogP contribution is 2.33. The van der Waals surface area contributed by atoms with Crippen molar-refractivity contribution in [2.24, 2.45) is 0 Å². The van der Waals surface area contributed by atoms with Gasteiger partial charge in [0, 0.05) is 5.02 Å². The summed E-state index contributed by atoms with van der Waals surface area (Å²) in [6.07, 6.45) is 2.74. The van der Waals surface area contributed by atoms with Gasteiger partial charge in [-0.2, -0.15) is 0 Å². The number of thioether (sulfide) groups is 1. The molecule has 2 aromatic rings. The topological polar surface area (TPSA) is 37.4 Å². The number of hydrogen-bond acceptors (Lipinski definition) is 3. The molecule has 1 aliphatic rings. The van der Waals surface area contributed by atoms with Crippen LogP contribution in [0.3, 0.4) is 0 Å². The number of aryl methyl sites for hydroxylation is 1. The Morgan fingerprint density at radius 3 is 2.25 bits per heavy atom. The normalized spacial score (nSPS) is 16.2. The van der Waals surface area contributed by atoms with Crippen LogP contribution in [0, 0.1) is 0 Å². The molecule has 0 aromatic heterocycles. The summed E-state index contributed by atoms with van der Waals surface area (Å²) in [6.45, 7) is 2.35. The van der Waals surface area contributed by atoms with Crippen LogP contribution in [0.5, 0.6) is 0 Å². The largest absolute Gasteiger partial charge is 0.293 e. The lowest BCUT2D eigenvalue weighted by Crippen LogP contribution is -2.27. The monoisotopic (exact) mass is 357 g/mol. The number of carbonyl (C=O) groups excluding carboxylic acids is 2. The van der Waals surface area contributed by atoms with Gasteiger partial charge in [0.25, 0.3) is 11.1 Å². The van der Waals surface area contributed by atoms with Crippen molar-refractivity contribution in [2.45, 2.75) is 19.9 Å². The molecule has 3 nitrogen and oxygen atoms in total. The van der Waals surface area contributed by atoms with E-state index < -0.39 is 0 Å². The summed E-state index contributed by atoms with van der Waals surface area (Å²) >= 11 is 6.84. The third kappa shape index (κ3) is 3.71. The fourth-order valence-electron chi connectivity index (χ4n) is 2.41. The maximum Gasteiger partial charge on any atom is 0.293 e. The predicted molar refractivity (Wildman–Crippen MR) is 98.8 cm³/mol. The standard InChI is InChI=1S/C19H16ClNO2S/c1-2-13-3-5-14(6-4-13)11-17-18(22)21(19(23)24-17)12-15-7-9-16(20)10-8-15/h3-11H,2,12H2,1H3/b17-11-. The summed E-state index contributed by atoms with van der Waals surface area (Å²) in [5, 5.41) is 0.384. The van der Waals surface area contributed by atoms with Crippen LogP contribution in [-0.2, 0) is 17.8 Å². The Labute approximate surface area is 150 Å². The van der Waals surface area contributed by atoms with Gasteiger partial charge >= 0.3 is 0 Å². The Bertz CT molecular complexity index is 797. The van der Waals surface area contributed by atoms with E-state index in [1.807, 2.05) is 36.4 Å². The van der Waals surface area contributed by atoms with Gasteiger partial charge in [-0.15, -0.1) is 0 Å². The number of rotatable bonds is 4. The van der Waals surface area contributed by atoms with Crippen LogP contribution in [0.15, 0.2) is 53.4 Å². The fourth-order valence-corrected chi connectivity index (χ4v) is 3.37. The van der Waals surface area contributed by atoms with E-state index in [2.05, 4.69) is 6.92 Å². The molecular weight excluding hydrogens is 342 g/mol. The van der Waals surface area contributed by atoms with Gasteiger partial charge in [-0.25, -0.2) is 0 Å². The molecule has 0 spiro atoms. The minimum atomic E-state index is -0.250. The average molecular weight is 358 g/mol. The zero-order chi connectivity index (χ0) is 17.1. The third-order valence-electron chi connectivity index (χ3n) is 3.81. The number of carbonyl (C=O) groups is 2. The second kappa shape index (κ2) is 7.24. The molecule has 1 heterocycles. The van der Waals surface area contributed by atoms with Crippen molar-refractivity contribution in [1.82, 2.24) is 4.90 Å². The lowest BCUT2D eigenvalue weighted by molar-refractivity contribution is -0.123. The van der Waals surface area contributed by atoms with Gasteiger partial charge in [-0.3, -0.25) is 14.5 Å². The molecule has 122 valence electrons. The minimum Gasteiger partial charge on any atom is -0.268 e. The Balaban J connectivity index is 1.77. The van der Waals surface area contributed by atoms with Gasteiger partial charge in [0.2, 0.25) is 0 Å². The summed E-state index contributed by atoms with van der Waals surface area (Å²) < 4.78 is 0. The smallest absolute Gasteiger partial charge is 0.268 e. The minimum absolute atomic E-state index is 0.244. The Kier molecular flexibility index (Phi) is 5.07. The molecule has 24 heavy (non-hydrogen) atoms. The van der Waals surface area contributed by atoms with E-state index >= 15 is 0 Å². The van der Waals surface area contributed by atoms with E-state index in [1.54, 1.807) is 18.2 Å². The maximum absolute atomic E-state index is 12.5. The first-order chi connectivity index (χ1) is 11.6. The van der Waals surface area contributed by atoms with Crippen LogP contribution in [-0.4, -0.2) is 16.0 Å². The van der Waals surface area contributed by atoms with Crippen LogP contribution in [0.2, 0.25) is 5.02 Å². The van der Waals surface area contributed by atoms with Crippen LogP contribution >= 0.6 is 23.4 Å². The molecule has 1 saturated heterocycles. The van der Waals surface area contributed by atoms with Gasteiger partial charge < -0.3 is 0 Å². The van der Waals surface area contributed by atoms with Crippen molar-refractivity contribution in [1.29, 1.82) is 0 Å². The molecule has 0 N–H and O–H groups in total. The summed E-state index contributed by atoms with van der Waals surface area (Å²) in [5.74, 6) is -0.250. The molecule has 0 aliphatic carbocycles. The van der Waals surface area contributed by atoms with E-state index in [9.17, 15) is 9.59 Å². The molecule has 0 unspecified atom stereocenters. The van der Waals surface area contributed by atoms with Crippen molar-refractivity contribution in [3.63, 3.8) is 0 Å². The number of nitrogens with zero attached hydrogens (tertiary/aromatic N) is 1. The number of benzene rings is 2. The first-order valence-corrected chi connectivity index (χ1v) is 8.85. The molecule has 0 atom stereocenters. The molecule has 1 fully saturated rings. The SMILES string of the molecule is CCc1ccc(/C=C2\SC(=O)N(Cc3ccc(Cl)cc3)C2=O)cc1.